The molecule has 0 atom stereocenters. The van der Waals surface area contributed by atoms with Crippen LogP contribution >= 0.6 is 23.4 Å². The second-order valence-electron chi connectivity index (χ2n) is 8.29. The van der Waals surface area contributed by atoms with Crippen LogP contribution in [0, 0.1) is 20.8 Å². The van der Waals surface area contributed by atoms with Gasteiger partial charge in [0.15, 0.2) is 11.0 Å². The van der Waals surface area contributed by atoms with Crippen LogP contribution in [0.25, 0.3) is 5.69 Å². The molecule has 0 unspecified atom stereocenters. The Bertz CT molecular complexity index is 1330. The van der Waals surface area contributed by atoms with Gasteiger partial charge in [0.25, 0.3) is 0 Å². The highest BCUT2D eigenvalue weighted by Gasteiger charge is 2.17. The summed E-state index contributed by atoms with van der Waals surface area (Å²) in [6, 6.07) is 18.8. The molecule has 4 aromatic rings. The third-order valence-corrected chi connectivity index (χ3v) is 6.67. The Balaban J connectivity index is 1.53. The van der Waals surface area contributed by atoms with Gasteiger partial charge in [-0.1, -0.05) is 41.1 Å². The van der Waals surface area contributed by atoms with Gasteiger partial charge >= 0.3 is 0 Å². The van der Waals surface area contributed by atoms with Crippen LogP contribution in [0.1, 0.15) is 22.5 Å². The van der Waals surface area contributed by atoms with E-state index in [0.717, 1.165) is 28.3 Å². The van der Waals surface area contributed by atoms with Crippen molar-refractivity contribution >= 4 is 35.0 Å². The van der Waals surface area contributed by atoms with Crippen LogP contribution in [0.15, 0.2) is 65.8 Å². The van der Waals surface area contributed by atoms with Gasteiger partial charge < -0.3 is 14.8 Å². The summed E-state index contributed by atoms with van der Waals surface area (Å²) in [5, 5.41) is 13.0. The van der Waals surface area contributed by atoms with Crippen LogP contribution in [0.5, 0.6) is 11.5 Å². The standard InChI is InChI=1S/C27H27ClN4O3S/c1-17-13-18(2)26(19(3)14-17)29-25(33)16-36-27-31-30-24(15-35-23-9-5-20(28)6-10-23)32(27)21-7-11-22(34-4)12-8-21/h5-14H,15-16H2,1-4H3,(H,29,33). The zero-order chi connectivity index (χ0) is 25.7. The lowest BCUT2D eigenvalue weighted by molar-refractivity contribution is -0.113. The van der Waals surface area contributed by atoms with E-state index in [1.54, 1.807) is 31.4 Å². The first-order valence-corrected chi connectivity index (χ1v) is 12.7. The van der Waals surface area contributed by atoms with Crippen molar-refractivity contribution in [3.05, 3.63) is 88.2 Å². The maximum absolute atomic E-state index is 12.8. The highest BCUT2D eigenvalue weighted by molar-refractivity contribution is 7.99. The number of rotatable bonds is 9. The number of hydrogen-bond acceptors (Lipinski definition) is 6. The molecule has 0 fully saturated rings. The highest BCUT2D eigenvalue weighted by atomic mass is 35.5. The van der Waals surface area contributed by atoms with Gasteiger partial charge in [-0.25, -0.2) is 0 Å². The molecule has 0 spiro atoms. The number of halogens is 1. The van der Waals surface area contributed by atoms with Crippen molar-refractivity contribution in [3.8, 4) is 17.2 Å². The molecule has 7 nitrogen and oxygen atoms in total. The van der Waals surface area contributed by atoms with Crippen LogP contribution in [0.3, 0.4) is 0 Å². The predicted octanol–water partition coefficient (Wildman–Crippen LogP) is 6.16. The second kappa shape index (κ2) is 11.5. The molecule has 1 heterocycles. The number of ether oxygens (including phenoxy) is 2. The molecule has 0 bridgehead atoms. The number of carbonyl (C=O) groups excluding carboxylic acids is 1. The molecule has 186 valence electrons. The Kier molecular flexibility index (Phi) is 8.18. The average molecular weight is 523 g/mol. The number of aryl methyl sites for hydroxylation is 3. The van der Waals surface area contributed by atoms with Crippen molar-refractivity contribution in [1.29, 1.82) is 0 Å². The molecule has 0 aliphatic heterocycles. The number of amides is 1. The summed E-state index contributed by atoms with van der Waals surface area (Å²) in [7, 11) is 1.62. The second-order valence-corrected chi connectivity index (χ2v) is 9.66. The number of anilines is 1. The summed E-state index contributed by atoms with van der Waals surface area (Å²) in [4.78, 5) is 12.8. The highest BCUT2D eigenvalue weighted by Crippen LogP contribution is 2.26. The van der Waals surface area contributed by atoms with E-state index in [0.29, 0.717) is 21.8 Å². The Morgan fingerprint density at radius 3 is 2.25 bits per heavy atom. The van der Waals surface area contributed by atoms with E-state index in [-0.39, 0.29) is 18.3 Å². The zero-order valence-electron chi connectivity index (χ0n) is 20.5. The lowest BCUT2D eigenvalue weighted by atomic mass is 10.1. The van der Waals surface area contributed by atoms with Crippen molar-refractivity contribution in [1.82, 2.24) is 14.8 Å². The fourth-order valence-electron chi connectivity index (χ4n) is 3.84. The van der Waals surface area contributed by atoms with E-state index in [9.17, 15) is 4.79 Å². The monoisotopic (exact) mass is 522 g/mol. The molecule has 4 rings (SSSR count). The van der Waals surface area contributed by atoms with Crippen LogP contribution in [-0.4, -0.2) is 33.5 Å². The molecule has 0 radical (unpaired) electrons. The van der Waals surface area contributed by atoms with E-state index >= 15 is 0 Å². The first kappa shape index (κ1) is 25.6. The van der Waals surface area contributed by atoms with E-state index in [4.69, 9.17) is 21.1 Å². The maximum atomic E-state index is 12.8. The minimum atomic E-state index is -0.113. The lowest BCUT2D eigenvalue weighted by Gasteiger charge is -2.13. The molecule has 1 aromatic heterocycles. The molecule has 0 saturated carbocycles. The topological polar surface area (TPSA) is 78.3 Å². The number of benzene rings is 3. The van der Waals surface area contributed by atoms with Gasteiger partial charge in [-0.2, -0.15) is 0 Å². The Hall–Kier alpha value is -3.49. The minimum Gasteiger partial charge on any atom is -0.497 e. The fourth-order valence-corrected chi connectivity index (χ4v) is 4.74. The van der Waals surface area contributed by atoms with Crippen LogP contribution in [-0.2, 0) is 11.4 Å². The summed E-state index contributed by atoms with van der Waals surface area (Å²) in [6.45, 7) is 6.23. The summed E-state index contributed by atoms with van der Waals surface area (Å²) in [5.41, 5.74) is 4.92. The van der Waals surface area contributed by atoms with E-state index in [2.05, 4.69) is 27.6 Å². The first-order chi connectivity index (χ1) is 17.3. The van der Waals surface area contributed by atoms with Gasteiger partial charge in [-0.15, -0.1) is 10.2 Å². The van der Waals surface area contributed by atoms with Gasteiger partial charge in [0.05, 0.1) is 12.9 Å². The molecule has 1 amide bonds. The molecule has 36 heavy (non-hydrogen) atoms. The van der Waals surface area contributed by atoms with Crippen LogP contribution in [0.4, 0.5) is 5.69 Å². The van der Waals surface area contributed by atoms with Gasteiger partial charge in [-0.3, -0.25) is 9.36 Å². The molecule has 9 heteroatoms. The number of aromatic nitrogens is 3. The molecule has 0 aliphatic carbocycles. The summed E-state index contributed by atoms with van der Waals surface area (Å²) < 4.78 is 13.1. The van der Waals surface area contributed by atoms with E-state index in [1.807, 2.05) is 49.6 Å². The van der Waals surface area contributed by atoms with Crippen LogP contribution < -0.4 is 14.8 Å². The molecule has 1 N–H and O–H groups in total. The van der Waals surface area contributed by atoms with Crippen molar-refractivity contribution < 1.29 is 14.3 Å². The normalized spacial score (nSPS) is 10.8. The third kappa shape index (κ3) is 6.19. The summed E-state index contributed by atoms with van der Waals surface area (Å²) in [5.74, 6) is 2.07. The number of methoxy groups -OCH3 is 1. The quantitative estimate of drug-likeness (QED) is 0.265. The Labute approximate surface area is 219 Å². The van der Waals surface area contributed by atoms with Crippen molar-refractivity contribution in [3.63, 3.8) is 0 Å². The Morgan fingerprint density at radius 1 is 0.972 bits per heavy atom. The number of hydrogen-bond donors (Lipinski definition) is 1. The Morgan fingerprint density at radius 2 is 1.61 bits per heavy atom. The van der Waals surface area contributed by atoms with Crippen molar-refractivity contribution in [2.45, 2.75) is 32.5 Å². The molecule has 0 aliphatic rings. The number of carbonyl (C=O) groups is 1. The van der Waals surface area contributed by atoms with Crippen LogP contribution in [0.2, 0.25) is 5.02 Å². The predicted molar refractivity (Wildman–Crippen MR) is 144 cm³/mol. The van der Waals surface area contributed by atoms with Crippen molar-refractivity contribution in [2.75, 3.05) is 18.2 Å². The van der Waals surface area contributed by atoms with E-state index < -0.39 is 0 Å². The first-order valence-electron chi connectivity index (χ1n) is 11.3. The van der Waals surface area contributed by atoms with Gasteiger partial charge in [0.2, 0.25) is 5.91 Å². The smallest absolute Gasteiger partial charge is 0.234 e. The zero-order valence-corrected chi connectivity index (χ0v) is 22.1. The molecular weight excluding hydrogens is 496 g/mol. The third-order valence-electron chi connectivity index (χ3n) is 5.49. The van der Waals surface area contributed by atoms with Gasteiger partial charge in [0, 0.05) is 16.4 Å². The van der Waals surface area contributed by atoms with Gasteiger partial charge in [-0.05, 0) is 80.4 Å². The average Bonchev–Trinajstić information content (AvgIpc) is 3.27. The molecule has 3 aromatic carbocycles. The number of nitrogens with one attached hydrogen (secondary N) is 1. The fraction of sp³-hybridized carbons (Fsp3) is 0.222. The molecular formula is C27H27ClN4O3S. The van der Waals surface area contributed by atoms with E-state index in [1.165, 1.54) is 17.3 Å². The number of nitrogens with zero attached hydrogens (tertiary/aromatic N) is 3. The number of thioether (sulfide) groups is 1. The largest absolute Gasteiger partial charge is 0.497 e. The SMILES string of the molecule is COc1ccc(-n2c(COc3ccc(Cl)cc3)nnc2SCC(=O)Nc2c(C)cc(C)cc2C)cc1. The summed E-state index contributed by atoms with van der Waals surface area (Å²) >= 11 is 7.28. The molecule has 0 saturated heterocycles. The minimum absolute atomic E-state index is 0.113. The van der Waals surface area contributed by atoms with Gasteiger partial charge in [0.1, 0.15) is 18.1 Å². The summed E-state index contributed by atoms with van der Waals surface area (Å²) in [6.07, 6.45) is 0. The lowest BCUT2D eigenvalue weighted by Crippen LogP contribution is -2.16. The van der Waals surface area contributed by atoms with Crippen molar-refractivity contribution in [2.24, 2.45) is 0 Å². The maximum Gasteiger partial charge on any atom is 0.234 e.